The zero-order chi connectivity index (χ0) is 14.7. The molecule has 0 fully saturated rings. The van der Waals surface area contributed by atoms with Crippen LogP contribution in [0.15, 0.2) is 23.1 Å². The van der Waals surface area contributed by atoms with Gasteiger partial charge in [0.05, 0.1) is 28.6 Å². The molecular weight excluding hydrogens is 300 g/mol. The minimum Gasteiger partial charge on any atom is -0.325 e. The first-order chi connectivity index (χ1) is 8.72. The van der Waals surface area contributed by atoms with Gasteiger partial charge >= 0.3 is 0 Å². The summed E-state index contributed by atoms with van der Waals surface area (Å²) in [5.74, 6) is -3.34. The molecule has 5 nitrogen and oxygen atoms in total. The van der Waals surface area contributed by atoms with Gasteiger partial charge in [-0.05, 0) is 18.2 Å². The van der Waals surface area contributed by atoms with E-state index >= 15 is 0 Å². The molecule has 9 heteroatoms. The first-order valence-electron chi connectivity index (χ1n) is 4.99. The highest BCUT2D eigenvalue weighted by Crippen LogP contribution is 2.20. The van der Waals surface area contributed by atoms with Gasteiger partial charge in [-0.1, -0.05) is 11.6 Å². The number of nitrogens with one attached hydrogen (secondary N) is 1. The lowest BCUT2D eigenvalue weighted by molar-refractivity contribution is 0.0170. The normalized spacial score (nSPS) is 12.2. The monoisotopic (exact) mass is 309 g/mol. The van der Waals surface area contributed by atoms with Crippen LogP contribution >= 0.6 is 11.6 Å². The van der Waals surface area contributed by atoms with Crippen molar-refractivity contribution >= 4 is 21.6 Å². The molecule has 0 radical (unpaired) electrons. The summed E-state index contributed by atoms with van der Waals surface area (Å²) in [7, 11) is -4.15. The van der Waals surface area contributed by atoms with E-state index in [0.29, 0.717) is 0 Å². The second-order valence-corrected chi connectivity index (χ2v) is 5.81. The van der Waals surface area contributed by atoms with Crippen LogP contribution in [0, 0.1) is 11.3 Å². The highest BCUT2D eigenvalue weighted by atomic mass is 35.5. The van der Waals surface area contributed by atoms with Crippen LogP contribution in [0.1, 0.15) is 5.56 Å². The van der Waals surface area contributed by atoms with Gasteiger partial charge in [-0.2, -0.15) is 5.26 Å². The average Bonchev–Trinajstić information content (AvgIpc) is 2.37. The van der Waals surface area contributed by atoms with Crippen molar-refractivity contribution in [2.24, 2.45) is 5.73 Å². The van der Waals surface area contributed by atoms with Gasteiger partial charge in [0.15, 0.2) is 0 Å². The standard InChI is InChI=1S/C10H10ClF2N3O2S/c11-9-2-1-8(3-7(9)4-14)19(17,18)16-6-10(12,13)5-15/h1-3,16H,5-6,15H2. The number of nitrogens with two attached hydrogens (primary N) is 1. The molecule has 0 bridgehead atoms. The van der Waals surface area contributed by atoms with Crippen LogP contribution in [0.25, 0.3) is 0 Å². The number of nitriles is 1. The van der Waals surface area contributed by atoms with Crippen LogP contribution in [0.4, 0.5) is 8.78 Å². The van der Waals surface area contributed by atoms with Crippen LogP contribution in [0.2, 0.25) is 5.02 Å². The number of alkyl halides is 2. The van der Waals surface area contributed by atoms with E-state index in [1.807, 2.05) is 0 Å². The summed E-state index contributed by atoms with van der Waals surface area (Å²) in [5, 5.41) is 8.80. The van der Waals surface area contributed by atoms with Gasteiger partial charge < -0.3 is 5.73 Å². The third kappa shape index (κ3) is 4.11. The maximum atomic E-state index is 12.9. The lowest BCUT2D eigenvalue weighted by Crippen LogP contribution is -2.41. The predicted octanol–water partition coefficient (Wildman–Crippen LogP) is 1.08. The van der Waals surface area contributed by atoms with E-state index in [-0.39, 0.29) is 15.5 Å². The van der Waals surface area contributed by atoms with E-state index in [9.17, 15) is 17.2 Å². The highest BCUT2D eigenvalue weighted by molar-refractivity contribution is 7.89. The Bertz CT molecular complexity index is 614. The molecule has 1 aromatic rings. The van der Waals surface area contributed by atoms with Crippen molar-refractivity contribution in [2.75, 3.05) is 13.1 Å². The maximum Gasteiger partial charge on any atom is 0.273 e. The largest absolute Gasteiger partial charge is 0.325 e. The molecule has 19 heavy (non-hydrogen) atoms. The Hall–Kier alpha value is -1.27. The molecule has 0 atom stereocenters. The maximum absolute atomic E-state index is 12.9. The summed E-state index contributed by atoms with van der Waals surface area (Å²) in [6.45, 7) is -2.09. The summed E-state index contributed by atoms with van der Waals surface area (Å²) in [6.07, 6.45) is 0. The van der Waals surface area contributed by atoms with E-state index in [0.717, 1.165) is 12.1 Å². The van der Waals surface area contributed by atoms with Crippen molar-refractivity contribution in [3.8, 4) is 6.07 Å². The minimum atomic E-state index is -4.15. The van der Waals surface area contributed by atoms with Crippen molar-refractivity contribution in [3.63, 3.8) is 0 Å². The molecule has 1 aromatic carbocycles. The van der Waals surface area contributed by atoms with Gasteiger partial charge in [0.25, 0.3) is 5.92 Å². The number of hydrogen-bond acceptors (Lipinski definition) is 4. The minimum absolute atomic E-state index is 0.0601. The topological polar surface area (TPSA) is 96.0 Å². The molecule has 0 amide bonds. The Morgan fingerprint density at radius 3 is 2.63 bits per heavy atom. The number of sulfonamides is 1. The van der Waals surface area contributed by atoms with Crippen molar-refractivity contribution in [3.05, 3.63) is 28.8 Å². The van der Waals surface area contributed by atoms with Crippen LogP contribution in [0.5, 0.6) is 0 Å². The summed E-state index contributed by atoms with van der Waals surface area (Å²) in [5.41, 5.74) is 4.73. The van der Waals surface area contributed by atoms with Gasteiger partial charge in [0.2, 0.25) is 10.0 Å². The van der Waals surface area contributed by atoms with Crippen molar-refractivity contribution in [2.45, 2.75) is 10.8 Å². The van der Waals surface area contributed by atoms with Gasteiger partial charge in [-0.3, -0.25) is 0 Å². The fraction of sp³-hybridized carbons (Fsp3) is 0.300. The lowest BCUT2D eigenvalue weighted by atomic mass is 10.2. The van der Waals surface area contributed by atoms with Gasteiger partial charge in [-0.15, -0.1) is 0 Å². The summed E-state index contributed by atoms with van der Waals surface area (Å²) in [6, 6.07) is 5.03. The Labute approximate surface area is 114 Å². The van der Waals surface area contributed by atoms with Crippen LogP contribution in [-0.4, -0.2) is 27.4 Å². The zero-order valence-electron chi connectivity index (χ0n) is 9.53. The summed E-state index contributed by atoms with van der Waals surface area (Å²) in [4.78, 5) is -0.318. The molecule has 104 valence electrons. The highest BCUT2D eigenvalue weighted by Gasteiger charge is 2.29. The number of halogens is 3. The second kappa shape index (κ2) is 5.79. The number of hydrogen-bond donors (Lipinski definition) is 2. The number of nitrogens with zero attached hydrogens (tertiary/aromatic N) is 1. The number of rotatable bonds is 5. The van der Waals surface area contributed by atoms with Crippen LogP contribution < -0.4 is 10.5 Å². The Morgan fingerprint density at radius 2 is 2.11 bits per heavy atom. The Balaban J connectivity index is 2.99. The SMILES string of the molecule is N#Cc1cc(S(=O)(=O)NCC(F)(F)CN)ccc1Cl. The summed E-state index contributed by atoms with van der Waals surface area (Å²) < 4.78 is 51.0. The molecule has 0 spiro atoms. The fourth-order valence-corrected chi connectivity index (χ4v) is 2.36. The molecule has 0 saturated carbocycles. The van der Waals surface area contributed by atoms with Crippen molar-refractivity contribution in [1.82, 2.24) is 4.72 Å². The second-order valence-electron chi connectivity index (χ2n) is 3.64. The molecule has 0 heterocycles. The first-order valence-corrected chi connectivity index (χ1v) is 6.85. The van der Waals surface area contributed by atoms with E-state index in [4.69, 9.17) is 22.6 Å². The molecule has 0 aliphatic heterocycles. The van der Waals surface area contributed by atoms with Crippen molar-refractivity contribution in [1.29, 1.82) is 5.26 Å². The van der Waals surface area contributed by atoms with Gasteiger partial charge in [0.1, 0.15) is 6.07 Å². The molecule has 0 aliphatic rings. The quantitative estimate of drug-likeness (QED) is 0.850. The van der Waals surface area contributed by atoms with Gasteiger partial charge in [-0.25, -0.2) is 21.9 Å². The van der Waals surface area contributed by atoms with E-state index < -0.39 is 29.0 Å². The third-order valence-electron chi connectivity index (χ3n) is 2.19. The molecule has 0 aliphatic carbocycles. The zero-order valence-corrected chi connectivity index (χ0v) is 11.1. The fourth-order valence-electron chi connectivity index (χ4n) is 1.11. The Morgan fingerprint density at radius 1 is 1.47 bits per heavy atom. The van der Waals surface area contributed by atoms with Crippen molar-refractivity contribution < 1.29 is 17.2 Å². The molecule has 3 N–H and O–H groups in total. The third-order valence-corrected chi connectivity index (χ3v) is 3.92. The lowest BCUT2D eigenvalue weighted by Gasteiger charge is -2.14. The first kappa shape index (κ1) is 15.8. The van der Waals surface area contributed by atoms with E-state index in [1.54, 1.807) is 10.8 Å². The molecule has 0 saturated heterocycles. The molecule has 1 rings (SSSR count). The smallest absolute Gasteiger partial charge is 0.273 e. The molecular formula is C10H10ClF2N3O2S. The van der Waals surface area contributed by atoms with E-state index in [1.165, 1.54) is 6.07 Å². The molecule has 0 unspecified atom stereocenters. The Kier molecular flexibility index (Phi) is 4.81. The molecule has 0 aromatic heterocycles. The summed E-state index contributed by atoms with van der Waals surface area (Å²) >= 11 is 5.64. The number of benzene rings is 1. The van der Waals surface area contributed by atoms with E-state index in [2.05, 4.69) is 0 Å². The van der Waals surface area contributed by atoms with Gasteiger partial charge in [0, 0.05) is 0 Å². The average molecular weight is 310 g/mol. The van der Waals surface area contributed by atoms with Crippen LogP contribution in [0.3, 0.4) is 0 Å². The van der Waals surface area contributed by atoms with Crippen LogP contribution in [-0.2, 0) is 10.0 Å². The predicted molar refractivity (Wildman–Crippen MR) is 65.4 cm³/mol.